The molecular weight excluding hydrogens is 515 g/mol. The summed E-state index contributed by atoms with van der Waals surface area (Å²) in [5.74, 6) is 0.466. The Hall–Kier alpha value is -3.28. The van der Waals surface area contributed by atoms with Gasteiger partial charge in [-0.05, 0) is 55.8 Å². The molecule has 0 saturated heterocycles. The first-order valence-electron chi connectivity index (χ1n) is 11.2. The molecule has 0 aliphatic carbocycles. The van der Waals surface area contributed by atoms with E-state index in [1.807, 2.05) is 44.2 Å². The van der Waals surface area contributed by atoms with Gasteiger partial charge in [-0.2, -0.15) is 0 Å². The summed E-state index contributed by atoms with van der Waals surface area (Å²) in [4.78, 5) is 39.2. The van der Waals surface area contributed by atoms with Crippen molar-refractivity contribution in [3.05, 3.63) is 76.5 Å². The van der Waals surface area contributed by atoms with Gasteiger partial charge >= 0.3 is 0 Å². The van der Waals surface area contributed by atoms with Crippen LogP contribution in [0.1, 0.15) is 19.4 Å². The topological polar surface area (TPSA) is 102 Å². The SMILES string of the molecule is CCN(CC)C(=O)CSc1nc2ccc(N=Cc3ccc(Sc4ccccn4)c([N+](=O)[O-])c3)cc2s1. The summed E-state index contributed by atoms with van der Waals surface area (Å²) in [6, 6.07) is 16.2. The maximum atomic E-state index is 12.3. The molecule has 4 rings (SSSR count). The molecule has 0 atom stereocenters. The molecule has 2 aromatic carbocycles. The van der Waals surface area contributed by atoms with E-state index in [1.54, 1.807) is 35.5 Å². The van der Waals surface area contributed by atoms with Crippen molar-refractivity contribution in [2.24, 2.45) is 4.99 Å². The van der Waals surface area contributed by atoms with Gasteiger partial charge in [0.1, 0.15) is 5.03 Å². The van der Waals surface area contributed by atoms with Crippen LogP contribution in [0.4, 0.5) is 11.4 Å². The zero-order chi connectivity index (χ0) is 25.5. The van der Waals surface area contributed by atoms with Crippen LogP contribution >= 0.6 is 34.9 Å². The molecule has 36 heavy (non-hydrogen) atoms. The highest BCUT2D eigenvalue weighted by molar-refractivity contribution is 8.01. The molecule has 0 unspecified atom stereocenters. The first-order valence-corrected chi connectivity index (χ1v) is 13.8. The minimum atomic E-state index is -0.393. The fraction of sp³-hybridized carbons (Fsp3) is 0.200. The molecule has 11 heteroatoms. The molecule has 1 amide bonds. The lowest BCUT2D eigenvalue weighted by Gasteiger charge is -2.17. The molecule has 4 aromatic rings. The largest absolute Gasteiger partial charge is 0.343 e. The number of hydrogen-bond donors (Lipinski definition) is 0. The van der Waals surface area contributed by atoms with Crippen LogP contribution in [-0.4, -0.2) is 50.8 Å². The van der Waals surface area contributed by atoms with Crippen LogP contribution < -0.4 is 0 Å². The number of fused-ring (bicyclic) bond motifs is 1. The van der Waals surface area contributed by atoms with Gasteiger partial charge in [-0.3, -0.25) is 19.9 Å². The number of carbonyl (C=O) groups is 1. The van der Waals surface area contributed by atoms with Gasteiger partial charge in [-0.25, -0.2) is 9.97 Å². The number of thiazole rings is 1. The standard InChI is InChI=1S/C25H23N5O3S3/c1-3-29(4-2)24(31)16-34-25-28-19-10-9-18(14-22(19)36-25)27-15-17-8-11-21(20(13-17)30(32)33)35-23-7-5-6-12-26-23/h5-15H,3-4,16H2,1-2H3. The van der Waals surface area contributed by atoms with Crippen molar-refractivity contribution in [2.45, 2.75) is 28.1 Å². The van der Waals surface area contributed by atoms with E-state index in [0.717, 1.165) is 20.2 Å². The Morgan fingerprint density at radius 1 is 1.17 bits per heavy atom. The summed E-state index contributed by atoms with van der Waals surface area (Å²) in [5, 5.41) is 12.3. The Balaban J connectivity index is 1.48. The van der Waals surface area contributed by atoms with Gasteiger partial charge in [-0.1, -0.05) is 35.7 Å². The minimum Gasteiger partial charge on any atom is -0.343 e. The number of aliphatic imine (C=N–C) groups is 1. The van der Waals surface area contributed by atoms with Gasteiger partial charge in [0.05, 0.1) is 31.5 Å². The lowest BCUT2D eigenvalue weighted by Crippen LogP contribution is -2.31. The first-order chi connectivity index (χ1) is 17.5. The zero-order valence-electron chi connectivity index (χ0n) is 19.7. The average molecular weight is 538 g/mol. The molecule has 2 heterocycles. The van der Waals surface area contributed by atoms with Gasteiger partial charge in [-0.15, -0.1) is 11.3 Å². The summed E-state index contributed by atoms with van der Waals surface area (Å²) in [6.45, 7) is 5.34. The van der Waals surface area contributed by atoms with Crippen molar-refractivity contribution in [2.75, 3.05) is 18.8 Å². The van der Waals surface area contributed by atoms with E-state index in [-0.39, 0.29) is 11.6 Å². The van der Waals surface area contributed by atoms with Crippen LogP contribution in [0.15, 0.2) is 80.0 Å². The van der Waals surface area contributed by atoms with Crippen LogP contribution in [0.25, 0.3) is 10.2 Å². The summed E-state index contributed by atoms with van der Waals surface area (Å²) in [7, 11) is 0. The van der Waals surface area contributed by atoms with Crippen molar-refractivity contribution in [1.82, 2.24) is 14.9 Å². The van der Waals surface area contributed by atoms with Crippen molar-refractivity contribution < 1.29 is 9.72 Å². The number of benzene rings is 2. The lowest BCUT2D eigenvalue weighted by atomic mass is 10.2. The predicted octanol–water partition coefficient (Wildman–Crippen LogP) is 6.46. The number of amides is 1. The van der Waals surface area contributed by atoms with Gasteiger partial charge < -0.3 is 4.90 Å². The van der Waals surface area contributed by atoms with Crippen LogP contribution in [0.5, 0.6) is 0 Å². The van der Waals surface area contributed by atoms with E-state index in [1.165, 1.54) is 40.9 Å². The monoisotopic (exact) mass is 537 g/mol. The third-order valence-electron chi connectivity index (χ3n) is 5.18. The molecule has 184 valence electrons. The fourth-order valence-electron chi connectivity index (χ4n) is 3.34. The fourth-order valence-corrected chi connectivity index (χ4v) is 6.20. The molecule has 0 aliphatic rings. The van der Waals surface area contributed by atoms with Gasteiger partial charge in [0.15, 0.2) is 4.34 Å². The molecule has 0 fully saturated rings. The van der Waals surface area contributed by atoms with E-state index in [2.05, 4.69) is 15.0 Å². The molecule has 0 saturated carbocycles. The number of nitro groups is 1. The smallest absolute Gasteiger partial charge is 0.283 e. The van der Waals surface area contributed by atoms with E-state index in [9.17, 15) is 14.9 Å². The highest BCUT2D eigenvalue weighted by Gasteiger charge is 2.16. The van der Waals surface area contributed by atoms with Crippen molar-refractivity contribution in [3.63, 3.8) is 0 Å². The molecule has 0 bridgehead atoms. The number of rotatable bonds is 10. The van der Waals surface area contributed by atoms with Gasteiger partial charge in [0.2, 0.25) is 5.91 Å². The lowest BCUT2D eigenvalue weighted by molar-refractivity contribution is -0.387. The summed E-state index contributed by atoms with van der Waals surface area (Å²) in [5.41, 5.74) is 2.20. The number of hydrogen-bond acceptors (Lipinski definition) is 9. The highest BCUT2D eigenvalue weighted by Crippen LogP contribution is 2.35. The van der Waals surface area contributed by atoms with Gasteiger partial charge in [0, 0.05) is 31.6 Å². The maximum absolute atomic E-state index is 12.3. The number of pyridine rings is 1. The third-order valence-corrected chi connectivity index (χ3v) is 8.34. The second-order valence-electron chi connectivity index (χ2n) is 7.50. The third kappa shape index (κ3) is 6.48. The first kappa shape index (κ1) is 25.8. The Bertz CT molecular complexity index is 1400. The Morgan fingerprint density at radius 2 is 2.00 bits per heavy atom. The summed E-state index contributed by atoms with van der Waals surface area (Å²) in [6.07, 6.45) is 3.27. The molecule has 8 nitrogen and oxygen atoms in total. The quantitative estimate of drug-likeness (QED) is 0.0990. The molecule has 0 N–H and O–H groups in total. The predicted molar refractivity (Wildman–Crippen MR) is 147 cm³/mol. The minimum absolute atomic E-state index is 0.00781. The average Bonchev–Trinajstić information content (AvgIpc) is 3.30. The van der Waals surface area contributed by atoms with Gasteiger partial charge in [0.25, 0.3) is 5.69 Å². The van der Waals surface area contributed by atoms with Crippen molar-refractivity contribution >= 4 is 68.6 Å². The van der Waals surface area contributed by atoms with E-state index >= 15 is 0 Å². The number of aromatic nitrogens is 2. The number of carbonyl (C=O) groups excluding carboxylic acids is 1. The number of nitro benzene ring substituents is 1. The van der Waals surface area contributed by atoms with Crippen LogP contribution in [0.3, 0.4) is 0 Å². The van der Waals surface area contributed by atoms with E-state index in [4.69, 9.17) is 0 Å². The normalized spacial score (nSPS) is 11.3. The summed E-state index contributed by atoms with van der Waals surface area (Å²) < 4.78 is 1.80. The molecule has 0 spiro atoms. The Kier molecular flexibility index (Phi) is 8.68. The Labute approximate surface area is 221 Å². The molecule has 0 radical (unpaired) electrons. The van der Waals surface area contributed by atoms with Crippen LogP contribution in [0, 0.1) is 10.1 Å². The highest BCUT2D eigenvalue weighted by atomic mass is 32.2. The second-order valence-corrected chi connectivity index (χ2v) is 10.8. The van der Waals surface area contributed by atoms with Crippen LogP contribution in [0.2, 0.25) is 0 Å². The summed E-state index contributed by atoms with van der Waals surface area (Å²) >= 11 is 4.21. The zero-order valence-corrected chi connectivity index (χ0v) is 22.1. The number of nitrogens with zero attached hydrogens (tertiary/aromatic N) is 5. The van der Waals surface area contributed by atoms with E-state index < -0.39 is 4.92 Å². The maximum Gasteiger partial charge on any atom is 0.283 e. The number of thioether (sulfide) groups is 1. The Morgan fingerprint density at radius 3 is 2.72 bits per heavy atom. The van der Waals surface area contributed by atoms with Crippen molar-refractivity contribution in [1.29, 1.82) is 0 Å². The van der Waals surface area contributed by atoms with Crippen molar-refractivity contribution in [3.8, 4) is 0 Å². The molecule has 2 aromatic heterocycles. The van der Waals surface area contributed by atoms with E-state index in [0.29, 0.717) is 34.3 Å². The molecule has 0 aliphatic heterocycles. The second kappa shape index (κ2) is 12.1. The van der Waals surface area contributed by atoms with Crippen LogP contribution in [-0.2, 0) is 4.79 Å². The molecular formula is C25H23N5O3S3.